The lowest BCUT2D eigenvalue weighted by Crippen LogP contribution is -2.34. The first-order valence-electron chi connectivity index (χ1n) is 8.79. The number of esters is 1. The van der Waals surface area contributed by atoms with Crippen LogP contribution in [-0.4, -0.2) is 51.2 Å². The van der Waals surface area contributed by atoms with Gasteiger partial charge >= 0.3 is 17.9 Å². The van der Waals surface area contributed by atoms with Crippen LogP contribution >= 0.6 is 22.6 Å². The summed E-state index contributed by atoms with van der Waals surface area (Å²) in [5, 5.41) is 8.33. The van der Waals surface area contributed by atoms with E-state index >= 15 is 0 Å². The van der Waals surface area contributed by atoms with Gasteiger partial charge in [0.15, 0.2) is 6.61 Å². The number of carboxylic acid groups (broad SMARTS) is 1. The second kappa shape index (κ2) is 10.8. The van der Waals surface area contributed by atoms with E-state index in [1.165, 1.54) is 30.3 Å². The van der Waals surface area contributed by atoms with Crippen LogP contribution in [0.25, 0.3) is 6.08 Å². The van der Waals surface area contributed by atoms with E-state index in [9.17, 15) is 26.8 Å². The summed E-state index contributed by atoms with van der Waals surface area (Å²) in [5.74, 6) is -7.44. The molecule has 0 aliphatic heterocycles. The molecule has 0 radical (unpaired) electrons. The number of halogens is 3. The van der Waals surface area contributed by atoms with Crippen LogP contribution in [0.15, 0.2) is 53.9 Å². The summed E-state index contributed by atoms with van der Waals surface area (Å²) in [6.07, 6.45) is 1.57. The van der Waals surface area contributed by atoms with Crippen LogP contribution in [0.1, 0.15) is 15.9 Å². The Hall–Kier alpha value is -2.58. The number of carbonyl (C=O) groups is 2. The lowest BCUT2D eigenvalue weighted by molar-refractivity contribution is -0.170. The van der Waals surface area contributed by atoms with Crippen LogP contribution in [0.3, 0.4) is 0 Å². The van der Waals surface area contributed by atoms with Crippen LogP contribution in [0.2, 0.25) is 0 Å². The third-order valence-corrected chi connectivity index (χ3v) is 6.02. The summed E-state index contributed by atoms with van der Waals surface area (Å²) in [6.45, 7) is 1.57. The molecular weight excluding hydrogens is 565 g/mol. The predicted octanol–water partition coefficient (Wildman–Crippen LogP) is 3.60. The smallest absolute Gasteiger partial charge is 0.378 e. The van der Waals surface area contributed by atoms with Gasteiger partial charge in [-0.3, -0.25) is 4.18 Å². The Labute approximate surface area is 196 Å². The first kappa shape index (κ1) is 25.7. The molecule has 0 atom stereocenters. The van der Waals surface area contributed by atoms with E-state index in [0.717, 1.165) is 5.56 Å². The van der Waals surface area contributed by atoms with Gasteiger partial charge in [-0.05, 0) is 58.5 Å². The van der Waals surface area contributed by atoms with E-state index in [1.807, 2.05) is 22.6 Å². The maximum Gasteiger partial charge on any atom is 0.378 e. The highest BCUT2D eigenvalue weighted by atomic mass is 127. The van der Waals surface area contributed by atoms with Crippen LogP contribution in [0.4, 0.5) is 8.78 Å². The number of rotatable bonds is 11. The fourth-order valence-corrected chi connectivity index (χ4v) is 3.74. The van der Waals surface area contributed by atoms with Gasteiger partial charge in [0.1, 0.15) is 19.0 Å². The molecule has 2 aromatic rings. The molecule has 0 saturated heterocycles. The normalized spacial score (nSPS) is 11.6. The third kappa shape index (κ3) is 6.97. The minimum Gasteiger partial charge on any atom is -0.490 e. The summed E-state index contributed by atoms with van der Waals surface area (Å²) >= 11 is 1.82. The Morgan fingerprint density at radius 1 is 1.12 bits per heavy atom. The minimum atomic E-state index is -4.19. The molecule has 8 nitrogen and oxygen atoms in total. The van der Waals surface area contributed by atoms with Crippen molar-refractivity contribution in [2.75, 3.05) is 19.8 Å². The third-order valence-electron chi connectivity index (χ3n) is 3.85. The standard InChI is InChI=1S/C20H17F2IO8S/c1-2-13-3-6-15(7-4-13)32(27,28)31-10-9-29-17-8-5-14(11-16(17)23)18(24)30-12-20(21,22)19(25)26/h2-8,11H,1,9-10,12H2,(H,25,26). The number of aliphatic carboxylic acids is 1. The first-order chi connectivity index (χ1) is 15.0. The van der Waals surface area contributed by atoms with Gasteiger partial charge in [-0.25, -0.2) is 9.59 Å². The van der Waals surface area contributed by atoms with E-state index < -0.39 is 34.6 Å². The molecule has 0 unspecified atom stereocenters. The zero-order valence-corrected chi connectivity index (χ0v) is 19.3. The van der Waals surface area contributed by atoms with Gasteiger partial charge in [0.25, 0.3) is 10.1 Å². The molecule has 0 aromatic heterocycles. The minimum absolute atomic E-state index is 0.0194. The summed E-state index contributed by atoms with van der Waals surface area (Å²) in [6, 6.07) is 9.82. The summed E-state index contributed by atoms with van der Waals surface area (Å²) in [5.41, 5.74) is 0.662. The Balaban J connectivity index is 1.89. The van der Waals surface area contributed by atoms with Gasteiger partial charge in [0, 0.05) is 0 Å². The van der Waals surface area contributed by atoms with E-state index in [4.69, 9.17) is 14.0 Å². The Bertz CT molecular complexity index is 1100. The van der Waals surface area contributed by atoms with Crippen LogP contribution in [-0.2, 0) is 23.8 Å². The average Bonchev–Trinajstić information content (AvgIpc) is 2.75. The van der Waals surface area contributed by atoms with Crippen molar-refractivity contribution in [3.05, 3.63) is 63.7 Å². The van der Waals surface area contributed by atoms with Gasteiger partial charge in [-0.2, -0.15) is 17.2 Å². The lowest BCUT2D eigenvalue weighted by Gasteiger charge is -2.13. The maximum absolute atomic E-state index is 13.0. The predicted molar refractivity (Wildman–Crippen MR) is 117 cm³/mol. The highest BCUT2D eigenvalue weighted by Crippen LogP contribution is 2.23. The maximum atomic E-state index is 13.0. The number of hydrogen-bond donors (Lipinski definition) is 1. The quantitative estimate of drug-likeness (QED) is 0.185. The van der Waals surface area contributed by atoms with Crippen molar-refractivity contribution >= 4 is 50.7 Å². The summed E-state index contributed by atoms with van der Waals surface area (Å²) in [4.78, 5) is 22.2. The number of benzene rings is 2. The summed E-state index contributed by atoms with van der Waals surface area (Å²) < 4.78 is 65.4. The zero-order valence-electron chi connectivity index (χ0n) is 16.3. The number of carboxylic acids is 1. The monoisotopic (exact) mass is 582 g/mol. The van der Waals surface area contributed by atoms with Crippen molar-refractivity contribution in [3.8, 4) is 5.75 Å². The van der Waals surface area contributed by atoms with Crippen molar-refractivity contribution in [1.29, 1.82) is 0 Å². The molecule has 0 aliphatic rings. The fourth-order valence-electron chi connectivity index (χ4n) is 2.18. The van der Waals surface area contributed by atoms with Crippen molar-refractivity contribution in [2.24, 2.45) is 0 Å². The van der Waals surface area contributed by atoms with E-state index in [-0.39, 0.29) is 29.4 Å². The van der Waals surface area contributed by atoms with E-state index in [2.05, 4.69) is 11.3 Å². The molecule has 0 fully saturated rings. The van der Waals surface area contributed by atoms with Crippen molar-refractivity contribution < 1.29 is 45.6 Å². The molecule has 32 heavy (non-hydrogen) atoms. The van der Waals surface area contributed by atoms with Gasteiger partial charge in [0.05, 0.1) is 14.0 Å². The summed E-state index contributed by atoms with van der Waals surface area (Å²) in [7, 11) is -3.97. The molecule has 0 amide bonds. The Kier molecular flexibility index (Phi) is 8.69. The van der Waals surface area contributed by atoms with Crippen molar-refractivity contribution in [1.82, 2.24) is 0 Å². The van der Waals surface area contributed by atoms with Gasteiger partial charge in [0.2, 0.25) is 0 Å². The van der Waals surface area contributed by atoms with Gasteiger partial charge in [-0.1, -0.05) is 24.8 Å². The molecule has 0 saturated carbocycles. The second-order valence-electron chi connectivity index (χ2n) is 6.13. The Morgan fingerprint density at radius 3 is 2.34 bits per heavy atom. The highest BCUT2D eigenvalue weighted by Gasteiger charge is 2.40. The van der Waals surface area contributed by atoms with Crippen LogP contribution in [0.5, 0.6) is 5.75 Å². The molecule has 0 spiro atoms. The fraction of sp³-hybridized carbons (Fsp3) is 0.200. The van der Waals surface area contributed by atoms with Crippen molar-refractivity contribution in [3.63, 3.8) is 0 Å². The molecule has 2 aromatic carbocycles. The molecule has 2 rings (SSSR count). The SMILES string of the molecule is C=Cc1ccc(S(=O)(=O)OCCOc2ccc(C(=O)OCC(F)(F)C(=O)O)cc2I)cc1. The highest BCUT2D eigenvalue weighted by molar-refractivity contribution is 14.1. The van der Waals surface area contributed by atoms with Crippen LogP contribution in [0, 0.1) is 3.57 Å². The second-order valence-corrected chi connectivity index (χ2v) is 8.91. The van der Waals surface area contributed by atoms with Gasteiger partial charge in [-0.15, -0.1) is 0 Å². The molecular formula is C20H17F2IO8S. The average molecular weight is 582 g/mol. The number of carbonyl (C=O) groups excluding carboxylic acids is 1. The van der Waals surface area contributed by atoms with E-state index in [0.29, 0.717) is 3.57 Å². The molecule has 0 heterocycles. The number of alkyl halides is 2. The van der Waals surface area contributed by atoms with Gasteiger partial charge < -0.3 is 14.6 Å². The molecule has 12 heteroatoms. The zero-order chi connectivity index (χ0) is 23.9. The molecule has 0 aliphatic carbocycles. The molecule has 0 bridgehead atoms. The molecule has 172 valence electrons. The Morgan fingerprint density at radius 2 is 1.78 bits per heavy atom. The topological polar surface area (TPSA) is 116 Å². The molecule has 1 N–H and O–H groups in total. The first-order valence-corrected chi connectivity index (χ1v) is 11.3. The largest absolute Gasteiger partial charge is 0.490 e. The number of hydrogen-bond acceptors (Lipinski definition) is 7. The lowest BCUT2D eigenvalue weighted by atomic mass is 10.2. The van der Waals surface area contributed by atoms with E-state index in [1.54, 1.807) is 18.2 Å². The van der Waals surface area contributed by atoms with Crippen LogP contribution < -0.4 is 4.74 Å². The number of ether oxygens (including phenoxy) is 2. The van der Waals surface area contributed by atoms with Crippen molar-refractivity contribution in [2.45, 2.75) is 10.8 Å².